The molecule has 1 atom stereocenters. The molecule has 1 N–H and O–H groups in total. The lowest BCUT2D eigenvalue weighted by Gasteiger charge is -2.29. The van der Waals surface area contributed by atoms with Gasteiger partial charge in [-0.25, -0.2) is 0 Å². The normalized spacial score (nSPS) is 15.5. The fourth-order valence-corrected chi connectivity index (χ4v) is 3.96. The van der Waals surface area contributed by atoms with Crippen molar-refractivity contribution in [3.8, 4) is 17.2 Å². The first-order valence-electron chi connectivity index (χ1n) is 9.76. The molecule has 30 heavy (non-hydrogen) atoms. The molecule has 0 bridgehead atoms. The molecule has 1 aliphatic rings. The number of thiocarbonyl (C=S) groups is 1. The Balaban J connectivity index is 1.82. The second-order valence-electron chi connectivity index (χ2n) is 6.99. The van der Waals surface area contributed by atoms with E-state index in [-0.39, 0.29) is 6.10 Å². The Bertz CT molecular complexity index is 832. The van der Waals surface area contributed by atoms with Gasteiger partial charge in [0.05, 0.1) is 27.4 Å². The van der Waals surface area contributed by atoms with Crippen molar-refractivity contribution < 1.29 is 18.9 Å². The Hall–Kier alpha value is -2.03. The maximum Gasteiger partial charge on any atom is 0.203 e. The first-order valence-corrected chi connectivity index (χ1v) is 11.0. The topological polar surface area (TPSA) is 52.2 Å². The zero-order chi connectivity index (χ0) is 21.5. The lowest BCUT2D eigenvalue weighted by molar-refractivity contribution is 0.0905. The fraction of sp³-hybridized carbons (Fsp3) is 0.409. The molecule has 1 fully saturated rings. The maximum absolute atomic E-state index is 5.86. The summed E-state index contributed by atoms with van der Waals surface area (Å²) in [5.74, 6) is 1.82. The van der Waals surface area contributed by atoms with Gasteiger partial charge in [-0.3, -0.25) is 0 Å². The van der Waals surface area contributed by atoms with Crippen molar-refractivity contribution in [2.45, 2.75) is 25.5 Å². The van der Waals surface area contributed by atoms with Gasteiger partial charge >= 0.3 is 0 Å². The van der Waals surface area contributed by atoms with E-state index in [0.717, 1.165) is 35.2 Å². The number of nitrogens with zero attached hydrogens (tertiary/aromatic N) is 1. The molecule has 2 aromatic rings. The van der Waals surface area contributed by atoms with E-state index < -0.39 is 0 Å². The van der Waals surface area contributed by atoms with Crippen LogP contribution in [0.5, 0.6) is 17.2 Å². The molecule has 1 unspecified atom stereocenters. The zero-order valence-corrected chi connectivity index (χ0v) is 19.8. The Morgan fingerprint density at radius 3 is 2.33 bits per heavy atom. The van der Waals surface area contributed by atoms with Crippen LogP contribution in [0.3, 0.4) is 0 Å². The molecule has 6 nitrogen and oxygen atoms in total. The number of nitrogens with one attached hydrogen (secondary N) is 1. The number of halogens is 1. The number of rotatable bonds is 8. The molecule has 0 spiro atoms. The Morgan fingerprint density at radius 2 is 1.80 bits per heavy atom. The summed E-state index contributed by atoms with van der Waals surface area (Å²) in [6, 6.07) is 11.8. The van der Waals surface area contributed by atoms with Gasteiger partial charge in [0.2, 0.25) is 5.75 Å². The number of hydrogen-bond donors (Lipinski definition) is 1. The lowest BCUT2D eigenvalue weighted by atomic mass is 10.1. The van der Waals surface area contributed by atoms with Gasteiger partial charge in [-0.1, -0.05) is 15.9 Å². The molecule has 0 aromatic heterocycles. The minimum Gasteiger partial charge on any atom is -0.493 e. The van der Waals surface area contributed by atoms with E-state index in [0.29, 0.717) is 35.5 Å². The van der Waals surface area contributed by atoms with Crippen LogP contribution in [-0.2, 0) is 11.3 Å². The van der Waals surface area contributed by atoms with Crippen LogP contribution >= 0.6 is 28.1 Å². The van der Waals surface area contributed by atoms with Crippen LogP contribution in [0.15, 0.2) is 40.9 Å². The summed E-state index contributed by atoms with van der Waals surface area (Å²) in [5, 5.41) is 3.98. The van der Waals surface area contributed by atoms with E-state index in [1.165, 1.54) is 0 Å². The Labute approximate surface area is 191 Å². The van der Waals surface area contributed by atoms with E-state index >= 15 is 0 Å². The van der Waals surface area contributed by atoms with Crippen molar-refractivity contribution in [2.75, 3.05) is 39.8 Å². The first-order chi connectivity index (χ1) is 14.5. The van der Waals surface area contributed by atoms with Crippen molar-refractivity contribution >= 4 is 38.9 Å². The van der Waals surface area contributed by atoms with E-state index in [9.17, 15) is 0 Å². The third kappa shape index (κ3) is 5.77. The number of benzene rings is 2. The fourth-order valence-electron chi connectivity index (χ4n) is 3.44. The second kappa shape index (κ2) is 10.8. The molecule has 8 heteroatoms. The van der Waals surface area contributed by atoms with E-state index in [4.69, 9.17) is 31.2 Å². The van der Waals surface area contributed by atoms with E-state index in [2.05, 4.69) is 26.1 Å². The minimum absolute atomic E-state index is 0.164. The van der Waals surface area contributed by atoms with Gasteiger partial charge in [-0.05, 0) is 67.0 Å². The largest absolute Gasteiger partial charge is 0.493 e. The van der Waals surface area contributed by atoms with Crippen molar-refractivity contribution in [2.24, 2.45) is 0 Å². The van der Waals surface area contributed by atoms with Crippen LogP contribution in [0.25, 0.3) is 0 Å². The molecule has 1 saturated heterocycles. The third-order valence-corrected chi connectivity index (χ3v) is 5.82. The summed E-state index contributed by atoms with van der Waals surface area (Å²) in [4.78, 5) is 2.12. The molecule has 0 saturated carbocycles. The van der Waals surface area contributed by atoms with Gasteiger partial charge in [0.15, 0.2) is 16.6 Å². The molecule has 0 radical (unpaired) electrons. The van der Waals surface area contributed by atoms with Gasteiger partial charge in [-0.2, -0.15) is 0 Å². The van der Waals surface area contributed by atoms with Crippen molar-refractivity contribution in [3.05, 3.63) is 46.4 Å². The standard InChI is InChI=1S/C22H27BrN2O4S/c1-26-19-11-15(12-20(27-2)21(19)28-3)13-25(14-18-5-4-10-29-18)22(30)24-17-8-6-16(23)7-9-17/h6-9,11-12,18H,4-5,10,13-14H2,1-3H3,(H,24,30). The monoisotopic (exact) mass is 494 g/mol. The minimum atomic E-state index is 0.164. The Morgan fingerprint density at radius 1 is 1.13 bits per heavy atom. The van der Waals surface area contributed by atoms with Gasteiger partial charge in [0.25, 0.3) is 0 Å². The van der Waals surface area contributed by atoms with Crippen LogP contribution < -0.4 is 19.5 Å². The van der Waals surface area contributed by atoms with Crippen molar-refractivity contribution in [3.63, 3.8) is 0 Å². The molecule has 0 amide bonds. The lowest BCUT2D eigenvalue weighted by Crippen LogP contribution is -2.39. The quantitative estimate of drug-likeness (QED) is 0.526. The average Bonchev–Trinajstić information content (AvgIpc) is 3.27. The van der Waals surface area contributed by atoms with Crippen LogP contribution in [0.1, 0.15) is 18.4 Å². The average molecular weight is 495 g/mol. The van der Waals surface area contributed by atoms with Crippen LogP contribution in [0, 0.1) is 0 Å². The number of anilines is 1. The first kappa shape index (κ1) is 22.7. The van der Waals surface area contributed by atoms with Gasteiger partial charge < -0.3 is 29.2 Å². The van der Waals surface area contributed by atoms with Crippen LogP contribution in [-0.4, -0.2) is 50.6 Å². The Kier molecular flexibility index (Phi) is 8.18. The number of ether oxygens (including phenoxy) is 4. The molecule has 1 aliphatic heterocycles. The highest BCUT2D eigenvalue weighted by Gasteiger charge is 2.22. The highest BCUT2D eigenvalue weighted by molar-refractivity contribution is 9.10. The zero-order valence-electron chi connectivity index (χ0n) is 17.4. The molecular formula is C22H27BrN2O4S. The highest BCUT2D eigenvalue weighted by atomic mass is 79.9. The predicted octanol–water partition coefficient (Wildman–Crippen LogP) is 4.85. The predicted molar refractivity (Wildman–Crippen MR) is 126 cm³/mol. The maximum atomic E-state index is 5.86. The van der Waals surface area contributed by atoms with Crippen molar-refractivity contribution in [1.82, 2.24) is 4.90 Å². The molecular weight excluding hydrogens is 468 g/mol. The van der Waals surface area contributed by atoms with E-state index in [1.807, 2.05) is 36.4 Å². The summed E-state index contributed by atoms with van der Waals surface area (Å²) >= 11 is 9.22. The van der Waals surface area contributed by atoms with E-state index in [1.54, 1.807) is 21.3 Å². The molecule has 3 rings (SSSR count). The summed E-state index contributed by atoms with van der Waals surface area (Å²) in [6.07, 6.45) is 2.28. The smallest absolute Gasteiger partial charge is 0.203 e. The summed E-state index contributed by atoms with van der Waals surface area (Å²) in [7, 11) is 4.83. The number of hydrogen-bond acceptors (Lipinski definition) is 5. The molecule has 162 valence electrons. The van der Waals surface area contributed by atoms with Gasteiger partial charge in [-0.15, -0.1) is 0 Å². The van der Waals surface area contributed by atoms with Crippen LogP contribution in [0.2, 0.25) is 0 Å². The summed E-state index contributed by atoms with van der Waals surface area (Å²) in [6.45, 7) is 2.09. The SMILES string of the molecule is COc1cc(CN(CC2CCCO2)C(=S)Nc2ccc(Br)cc2)cc(OC)c1OC. The molecule has 2 aromatic carbocycles. The third-order valence-electron chi connectivity index (χ3n) is 4.93. The highest BCUT2D eigenvalue weighted by Crippen LogP contribution is 2.38. The second-order valence-corrected chi connectivity index (χ2v) is 8.29. The summed E-state index contributed by atoms with van der Waals surface area (Å²) < 4.78 is 23.3. The molecule has 1 heterocycles. The molecule has 0 aliphatic carbocycles. The van der Waals surface area contributed by atoms with Gasteiger partial charge in [0.1, 0.15) is 0 Å². The van der Waals surface area contributed by atoms with Gasteiger partial charge in [0, 0.05) is 29.9 Å². The summed E-state index contributed by atoms with van der Waals surface area (Å²) in [5.41, 5.74) is 1.94. The number of methoxy groups -OCH3 is 3. The van der Waals surface area contributed by atoms with Crippen molar-refractivity contribution in [1.29, 1.82) is 0 Å². The van der Waals surface area contributed by atoms with Crippen LogP contribution in [0.4, 0.5) is 5.69 Å².